The number of nitrogens with one attached hydrogen (secondary N) is 1. The molecule has 1 aromatic carbocycles. The van der Waals surface area contributed by atoms with E-state index in [1.807, 2.05) is 37.4 Å². The van der Waals surface area contributed by atoms with Gasteiger partial charge in [0.05, 0.1) is 21.3 Å². The molecule has 0 amide bonds. The molecule has 0 aliphatic carbocycles. The minimum absolute atomic E-state index is 0.586. The van der Waals surface area contributed by atoms with Crippen molar-refractivity contribution in [2.24, 2.45) is 0 Å². The van der Waals surface area contributed by atoms with Crippen molar-refractivity contribution < 1.29 is 14.2 Å². The van der Waals surface area contributed by atoms with Crippen LogP contribution in [0.4, 0.5) is 5.69 Å². The number of hydrogen-bond acceptors (Lipinski definition) is 5. The molecule has 1 aromatic heterocycles. The van der Waals surface area contributed by atoms with Crippen molar-refractivity contribution in [3.8, 4) is 17.2 Å². The summed E-state index contributed by atoms with van der Waals surface area (Å²) in [5.74, 6) is 1.84. The quantitative estimate of drug-likeness (QED) is 0.885. The second-order valence-corrected chi connectivity index (χ2v) is 4.58. The van der Waals surface area contributed by atoms with Crippen molar-refractivity contribution in [2.75, 3.05) is 26.6 Å². The van der Waals surface area contributed by atoms with Crippen LogP contribution in [0.5, 0.6) is 17.2 Å². The first-order valence-electron chi connectivity index (χ1n) is 6.63. The van der Waals surface area contributed by atoms with Gasteiger partial charge in [0.15, 0.2) is 11.5 Å². The summed E-state index contributed by atoms with van der Waals surface area (Å²) in [4.78, 5) is 4.28. The lowest BCUT2D eigenvalue weighted by Crippen LogP contribution is -2.02. The fourth-order valence-corrected chi connectivity index (χ4v) is 1.99. The van der Waals surface area contributed by atoms with Crippen LogP contribution < -0.4 is 19.5 Å². The van der Waals surface area contributed by atoms with Crippen LogP contribution in [0.3, 0.4) is 0 Å². The van der Waals surface area contributed by atoms with E-state index in [0.29, 0.717) is 23.8 Å². The molecule has 2 aromatic rings. The first-order valence-corrected chi connectivity index (χ1v) is 6.63. The molecule has 0 saturated heterocycles. The molecule has 1 heterocycles. The van der Waals surface area contributed by atoms with Crippen molar-refractivity contribution >= 4 is 5.69 Å². The van der Waals surface area contributed by atoms with E-state index in [2.05, 4.69) is 10.3 Å². The Morgan fingerprint density at radius 1 is 1.00 bits per heavy atom. The second-order valence-electron chi connectivity index (χ2n) is 4.58. The summed E-state index contributed by atoms with van der Waals surface area (Å²) in [6.45, 7) is 2.64. The minimum atomic E-state index is 0.586. The number of nitrogens with zero attached hydrogens (tertiary/aromatic N) is 1. The summed E-state index contributed by atoms with van der Waals surface area (Å²) in [6.07, 6.45) is 1.86. The van der Waals surface area contributed by atoms with Gasteiger partial charge in [0, 0.05) is 36.3 Å². The highest BCUT2D eigenvalue weighted by atomic mass is 16.5. The van der Waals surface area contributed by atoms with Crippen LogP contribution in [0.15, 0.2) is 30.5 Å². The third-order valence-corrected chi connectivity index (χ3v) is 3.13. The number of benzene rings is 1. The van der Waals surface area contributed by atoms with Crippen LogP contribution in [0.25, 0.3) is 0 Å². The largest absolute Gasteiger partial charge is 0.493 e. The van der Waals surface area contributed by atoms with E-state index in [-0.39, 0.29) is 0 Å². The zero-order valence-electron chi connectivity index (χ0n) is 12.8. The van der Waals surface area contributed by atoms with E-state index < -0.39 is 0 Å². The van der Waals surface area contributed by atoms with Gasteiger partial charge in [-0.3, -0.25) is 4.98 Å². The molecule has 2 rings (SSSR count). The number of aromatic nitrogens is 1. The van der Waals surface area contributed by atoms with Crippen molar-refractivity contribution in [3.05, 3.63) is 41.7 Å². The van der Waals surface area contributed by atoms with E-state index in [1.165, 1.54) is 0 Å². The SMILES string of the molecule is COc1cc(NCc2ccc(C)nc2)cc(OC)c1OC. The fraction of sp³-hybridized carbons (Fsp3) is 0.312. The van der Waals surface area contributed by atoms with E-state index in [9.17, 15) is 0 Å². The Morgan fingerprint density at radius 3 is 2.14 bits per heavy atom. The molecule has 5 nitrogen and oxygen atoms in total. The first-order chi connectivity index (χ1) is 10.2. The Morgan fingerprint density at radius 2 is 1.67 bits per heavy atom. The lowest BCUT2D eigenvalue weighted by molar-refractivity contribution is 0.324. The lowest BCUT2D eigenvalue weighted by atomic mass is 10.2. The van der Waals surface area contributed by atoms with Gasteiger partial charge < -0.3 is 19.5 Å². The summed E-state index contributed by atoms with van der Waals surface area (Å²) >= 11 is 0. The summed E-state index contributed by atoms with van der Waals surface area (Å²) in [5.41, 5.74) is 3.01. The second kappa shape index (κ2) is 6.83. The molecule has 0 aliphatic rings. The Labute approximate surface area is 124 Å². The predicted octanol–water partition coefficient (Wildman–Crippen LogP) is 3.03. The van der Waals surface area contributed by atoms with Gasteiger partial charge in [-0.25, -0.2) is 0 Å². The minimum Gasteiger partial charge on any atom is -0.493 e. The zero-order chi connectivity index (χ0) is 15.2. The number of pyridine rings is 1. The Hall–Kier alpha value is -2.43. The molecule has 0 fully saturated rings. The van der Waals surface area contributed by atoms with E-state index in [0.717, 1.165) is 16.9 Å². The zero-order valence-corrected chi connectivity index (χ0v) is 12.8. The van der Waals surface area contributed by atoms with Gasteiger partial charge in [-0.15, -0.1) is 0 Å². The summed E-state index contributed by atoms with van der Waals surface area (Å²) in [5, 5.41) is 3.33. The normalized spacial score (nSPS) is 10.1. The summed E-state index contributed by atoms with van der Waals surface area (Å²) in [6, 6.07) is 7.80. The molecule has 0 unspecified atom stereocenters. The first kappa shape index (κ1) is 15.0. The lowest BCUT2D eigenvalue weighted by Gasteiger charge is -2.15. The Balaban J connectivity index is 2.18. The molecule has 0 bridgehead atoms. The highest BCUT2D eigenvalue weighted by Crippen LogP contribution is 2.39. The Bertz CT molecular complexity index is 572. The van der Waals surface area contributed by atoms with Crippen LogP contribution >= 0.6 is 0 Å². The highest BCUT2D eigenvalue weighted by molar-refractivity contribution is 5.62. The van der Waals surface area contributed by atoms with Gasteiger partial charge in [-0.2, -0.15) is 0 Å². The molecular weight excluding hydrogens is 268 g/mol. The average molecular weight is 288 g/mol. The number of methoxy groups -OCH3 is 3. The van der Waals surface area contributed by atoms with Crippen LogP contribution in [0.2, 0.25) is 0 Å². The number of ether oxygens (including phenoxy) is 3. The van der Waals surface area contributed by atoms with Crippen LogP contribution in [0.1, 0.15) is 11.3 Å². The average Bonchev–Trinajstić information content (AvgIpc) is 2.53. The van der Waals surface area contributed by atoms with Crippen LogP contribution in [-0.2, 0) is 6.54 Å². The number of anilines is 1. The van der Waals surface area contributed by atoms with Gasteiger partial charge in [-0.1, -0.05) is 6.07 Å². The summed E-state index contributed by atoms with van der Waals surface area (Å²) in [7, 11) is 4.79. The van der Waals surface area contributed by atoms with Crippen molar-refractivity contribution in [1.29, 1.82) is 0 Å². The molecular formula is C16H20N2O3. The predicted molar refractivity (Wildman–Crippen MR) is 82.4 cm³/mol. The van der Waals surface area contributed by atoms with E-state index in [4.69, 9.17) is 14.2 Å². The summed E-state index contributed by atoms with van der Waals surface area (Å²) < 4.78 is 16.0. The maximum atomic E-state index is 5.33. The van der Waals surface area contributed by atoms with Crippen molar-refractivity contribution in [2.45, 2.75) is 13.5 Å². The van der Waals surface area contributed by atoms with Crippen LogP contribution in [-0.4, -0.2) is 26.3 Å². The maximum Gasteiger partial charge on any atom is 0.203 e. The third kappa shape index (κ3) is 3.56. The molecule has 0 saturated carbocycles. The van der Waals surface area contributed by atoms with Crippen LogP contribution in [0, 0.1) is 6.92 Å². The molecule has 0 aliphatic heterocycles. The van der Waals surface area contributed by atoms with Gasteiger partial charge in [-0.05, 0) is 18.6 Å². The molecule has 21 heavy (non-hydrogen) atoms. The van der Waals surface area contributed by atoms with Gasteiger partial charge >= 0.3 is 0 Å². The molecule has 0 atom stereocenters. The fourth-order valence-electron chi connectivity index (χ4n) is 1.99. The number of hydrogen-bond donors (Lipinski definition) is 1. The van der Waals surface area contributed by atoms with Gasteiger partial charge in [0.25, 0.3) is 0 Å². The number of aryl methyl sites for hydroxylation is 1. The maximum absolute atomic E-state index is 5.33. The Kier molecular flexibility index (Phi) is 4.87. The van der Waals surface area contributed by atoms with Crippen molar-refractivity contribution in [3.63, 3.8) is 0 Å². The molecule has 0 spiro atoms. The molecule has 0 radical (unpaired) electrons. The van der Waals surface area contributed by atoms with Gasteiger partial charge in [0.1, 0.15) is 0 Å². The monoisotopic (exact) mass is 288 g/mol. The molecule has 112 valence electrons. The number of rotatable bonds is 6. The highest BCUT2D eigenvalue weighted by Gasteiger charge is 2.12. The van der Waals surface area contributed by atoms with Gasteiger partial charge in [0.2, 0.25) is 5.75 Å². The van der Waals surface area contributed by atoms with E-state index >= 15 is 0 Å². The van der Waals surface area contributed by atoms with E-state index in [1.54, 1.807) is 21.3 Å². The smallest absolute Gasteiger partial charge is 0.203 e. The third-order valence-electron chi connectivity index (χ3n) is 3.13. The molecule has 1 N–H and O–H groups in total. The standard InChI is InChI=1S/C16H20N2O3/c1-11-5-6-12(9-17-11)10-18-13-7-14(19-2)16(21-4)15(8-13)20-3/h5-9,18H,10H2,1-4H3. The molecule has 5 heteroatoms. The van der Waals surface area contributed by atoms with Crippen molar-refractivity contribution in [1.82, 2.24) is 4.98 Å². The topological polar surface area (TPSA) is 52.6 Å².